The SMILES string of the molecule is Nc1c(C(=O)NCc2ccc(Cl)s2)sc2ncccc12. The lowest BCUT2D eigenvalue weighted by atomic mass is 10.2. The molecule has 0 spiro atoms. The fourth-order valence-electron chi connectivity index (χ4n) is 1.81. The van der Waals surface area contributed by atoms with Gasteiger partial charge in [0.25, 0.3) is 5.91 Å². The van der Waals surface area contributed by atoms with Crippen molar-refractivity contribution in [1.29, 1.82) is 0 Å². The Morgan fingerprint density at radius 1 is 1.35 bits per heavy atom. The van der Waals surface area contributed by atoms with Crippen LogP contribution < -0.4 is 11.1 Å². The van der Waals surface area contributed by atoms with Crippen molar-refractivity contribution in [2.45, 2.75) is 6.54 Å². The van der Waals surface area contributed by atoms with Crippen LogP contribution in [0.3, 0.4) is 0 Å². The summed E-state index contributed by atoms with van der Waals surface area (Å²) < 4.78 is 0.708. The minimum atomic E-state index is -0.185. The molecule has 3 heterocycles. The van der Waals surface area contributed by atoms with Gasteiger partial charge in [-0.1, -0.05) is 11.6 Å². The molecule has 102 valence electrons. The van der Waals surface area contributed by atoms with E-state index in [0.29, 0.717) is 21.4 Å². The van der Waals surface area contributed by atoms with Crippen LogP contribution in [0, 0.1) is 0 Å². The standard InChI is InChI=1S/C13H10ClN3OS2/c14-9-4-3-7(19-9)6-17-12(18)11-10(15)8-2-1-5-16-13(8)20-11/h1-5H,6,15H2,(H,17,18). The zero-order chi connectivity index (χ0) is 14.1. The molecule has 7 heteroatoms. The van der Waals surface area contributed by atoms with Gasteiger partial charge in [-0.15, -0.1) is 22.7 Å². The first kappa shape index (κ1) is 13.4. The minimum absolute atomic E-state index is 0.185. The quantitative estimate of drug-likeness (QED) is 0.775. The van der Waals surface area contributed by atoms with Gasteiger partial charge in [0.2, 0.25) is 0 Å². The number of hydrogen-bond donors (Lipinski definition) is 2. The van der Waals surface area contributed by atoms with Crippen LogP contribution >= 0.6 is 34.3 Å². The molecule has 0 atom stereocenters. The van der Waals surface area contributed by atoms with Crippen molar-refractivity contribution in [3.05, 3.63) is 44.6 Å². The fraction of sp³-hybridized carbons (Fsp3) is 0.0769. The van der Waals surface area contributed by atoms with Crippen molar-refractivity contribution >= 4 is 56.1 Å². The molecule has 20 heavy (non-hydrogen) atoms. The first-order valence-corrected chi connectivity index (χ1v) is 7.81. The summed E-state index contributed by atoms with van der Waals surface area (Å²) in [5, 5.41) is 3.67. The molecule has 3 rings (SSSR count). The highest BCUT2D eigenvalue weighted by Crippen LogP contribution is 2.31. The Balaban J connectivity index is 1.80. The summed E-state index contributed by atoms with van der Waals surface area (Å²) in [4.78, 5) is 18.7. The van der Waals surface area contributed by atoms with Crippen LogP contribution in [0.1, 0.15) is 14.5 Å². The number of carbonyl (C=O) groups is 1. The second-order valence-corrected chi connectivity index (χ2v) is 6.89. The molecule has 3 N–H and O–H groups in total. The Kier molecular flexibility index (Phi) is 3.60. The summed E-state index contributed by atoms with van der Waals surface area (Å²) in [5.41, 5.74) is 6.49. The second kappa shape index (κ2) is 5.40. The van der Waals surface area contributed by atoms with E-state index in [2.05, 4.69) is 10.3 Å². The van der Waals surface area contributed by atoms with Crippen LogP contribution in [0.25, 0.3) is 10.2 Å². The number of carbonyl (C=O) groups excluding carboxylic acids is 1. The van der Waals surface area contributed by atoms with E-state index in [1.165, 1.54) is 22.7 Å². The third-order valence-corrected chi connectivity index (χ3v) is 5.12. The molecule has 0 aliphatic carbocycles. The molecular formula is C13H10ClN3OS2. The van der Waals surface area contributed by atoms with E-state index >= 15 is 0 Å². The Hall–Kier alpha value is -1.63. The lowest BCUT2D eigenvalue weighted by Gasteiger charge is -2.02. The predicted octanol–water partition coefficient (Wildman–Crippen LogP) is 3.52. The number of hydrogen-bond acceptors (Lipinski definition) is 5. The van der Waals surface area contributed by atoms with Crippen LogP contribution in [0.15, 0.2) is 30.5 Å². The van der Waals surface area contributed by atoms with E-state index in [9.17, 15) is 4.79 Å². The Morgan fingerprint density at radius 3 is 2.90 bits per heavy atom. The largest absolute Gasteiger partial charge is 0.397 e. The molecular weight excluding hydrogens is 314 g/mol. The molecule has 0 radical (unpaired) electrons. The van der Waals surface area contributed by atoms with Crippen molar-refractivity contribution in [2.75, 3.05) is 5.73 Å². The van der Waals surface area contributed by atoms with Gasteiger partial charge in [0.15, 0.2) is 0 Å². The molecule has 0 unspecified atom stereocenters. The maximum Gasteiger partial charge on any atom is 0.263 e. The molecule has 0 fully saturated rings. The highest BCUT2D eigenvalue weighted by molar-refractivity contribution is 7.21. The Morgan fingerprint density at radius 2 is 2.20 bits per heavy atom. The first-order chi connectivity index (χ1) is 9.65. The predicted molar refractivity (Wildman–Crippen MR) is 84.5 cm³/mol. The van der Waals surface area contributed by atoms with E-state index in [-0.39, 0.29) is 5.91 Å². The zero-order valence-electron chi connectivity index (χ0n) is 10.2. The van der Waals surface area contributed by atoms with Gasteiger partial charge in [0.1, 0.15) is 9.71 Å². The van der Waals surface area contributed by atoms with Gasteiger partial charge in [0.05, 0.1) is 16.6 Å². The summed E-state index contributed by atoms with van der Waals surface area (Å²) in [6, 6.07) is 7.37. The normalized spacial score (nSPS) is 10.8. The van der Waals surface area contributed by atoms with Crippen LogP contribution in [-0.2, 0) is 6.54 Å². The fourth-order valence-corrected chi connectivity index (χ4v) is 3.82. The number of thiophene rings is 2. The van der Waals surface area contributed by atoms with Crippen molar-refractivity contribution in [2.24, 2.45) is 0 Å². The van der Waals surface area contributed by atoms with E-state index in [4.69, 9.17) is 17.3 Å². The molecule has 4 nitrogen and oxygen atoms in total. The van der Waals surface area contributed by atoms with Gasteiger partial charge in [-0.05, 0) is 24.3 Å². The number of anilines is 1. The molecule has 0 aromatic carbocycles. The second-order valence-electron chi connectivity index (χ2n) is 4.09. The molecule has 1 amide bonds. The third-order valence-electron chi connectivity index (χ3n) is 2.76. The number of fused-ring (bicyclic) bond motifs is 1. The van der Waals surface area contributed by atoms with Crippen LogP contribution in [0.4, 0.5) is 5.69 Å². The highest BCUT2D eigenvalue weighted by atomic mass is 35.5. The molecule has 0 saturated heterocycles. The first-order valence-electron chi connectivity index (χ1n) is 5.80. The van der Waals surface area contributed by atoms with Crippen molar-refractivity contribution < 1.29 is 4.79 Å². The number of nitrogen functional groups attached to an aromatic ring is 1. The van der Waals surface area contributed by atoms with Crippen LogP contribution in [0.2, 0.25) is 4.34 Å². The van der Waals surface area contributed by atoms with Gasteiger partial charge in [-0.25, -0.2) is 4.98 Å². The minimum Gasteiger partial charge on any atom is -0.397 e. The number of pyridine rings is 1. The van der Waals surface area contributed by atoms with Gasteiger partial charge in [-0.3, -0.25) is 4.79 Å². The Bertz CT molecular complexity index is 781. The third kappa shape index (κ3) is 2.49. The molecule has 3 aromatic rings. The number of amides is 1. The molecule has 3 aromatic heterocycles. The van der Waals surface area contributed by atoms with E-state index in [0.717, 1.165) is 15.1 Å². The number of nitrogens with zero attached hydrogens (tertiary/aromatic N) is 1. The number of aromatic nitrogens is 1. The maximum atomic E-state index is 12.2. The Labute approximate surface area is 128 Å². The maximum absolute atomic E-state index is 12.2. The average molecular weight is 324 g/mol. The van der Waals surface area contributed by atoms with Gasteiger partial charge in [-0.2, -0.15) is 0 Å². The highest BCUT2D eigenvalue weighted by Gasteiger charge is 2.16. The number of nitrogens with one attached hydrogen (secondary N) is 1. The summed E-state index contributed by atoms with van der Waals surface area (Å²) in [7, 11) is 0. The zero-order valence-corrected chi connectivity index (χ0v) is 12.6. The van der Waals surface area contributed by atoms with Crippen LogP contribution in [-0.4, -0.2) is 10.9 Å². The lowest BCUT2D eigenvalue weighted by molar-refractivity contribution is 0.0956. The van der Waals surface area contributed by atoms with Crippen LogP contribution in [0.5, 0.6) is 0 Å². The molecule has 0 aliphatic rings. The van der Waals surface area contributed by atoms with Gasteiger partial charge >= 0.3 is 0 Å². The van der Waals surface area contributed by atoms with E-state index < -0.39 is 0 Å². The summed E-state index contributed by atoms with van der Waals surface area (Å²) in [6.07, 6.45) is 1.69. The van der Waals surface area contributed by atoms with Gasteiger partial charge < -0.3 is 11.1 Å². The smallest absolute Gasteiger partial charge is 0.263 e. The summed E-state index contributed by atoms with van der Waals surface area (Å²) in [5.74, 6) is -0.185. The number of nitrogens with two attached hydrogens (primary N) is 1. The summed E-state index contributed by atoms with van der Waals surface area (Å²) in [6.45, 7) is 0.442. The van der Waals surface area contributed by atoms with Gasteiger partial charge in [0, 0.05) is 16.5 Å². The summed E-state index contributed by atoms with van der Waals surface area (Å²) >= 11 is 8.60. The topological polar surface area (TPSA) is 68.0 Å². The van der Waals surface area contributed by atoms with Crippen molar-refractivity contribution in [1.82, 2.24) is 10.3 Å². The average Bonchev–Trinajstić information content (AvgIpc) is 3.01. The lowest BCUT2D eigenvalue weighted by Crippen LogP contribution is -2.22. The monoisotopic (exact) mass is 323 g/mol. The number of halogens is 1. The molecule has 0 saturated carbocycles. The van der Waals surface area contributed by atoms with E-state index in [1.54, 1.807) is 12.3 Å². The molecule has 0 aliphatic heterocycles. The molecule has 0 bridgehead atoms. The van der Waals surface area contributed by atoms with Crippen molar-refractivity contribution in [3.8, 4) is 0 Å². The number of rotatable bonds is 3. The van der Waals surface area contributed by atoms with E-state index in [1.807, 2.05) is 18.2 Å². The van der Waals surface area contributed by atoms with Crippen molar-refractivity contribution in [3.63, 3.8) is 0 Å².